The quantitative estimate of drug-likeness (QED) is 0.813. The molecule has 2 rings (SSSR count). The van der Waals surface area contributed by atoms with Gasteiger partial charge in [0.15, 0.2) is 0 Å². The molecule has 0 unspecified atom stereocenters. The molecule has 1 aromatic rings. The number of rotatable bonds is 4. The van der Waals surface area contributed by atoms with Crippen LogP contribution in [0, 0.1) is 5.41 Å². The van der Waals surface area contributed by atoms with Crippen LogP contribution < -0.4 is 11.1 Å². The molecule has 98 valence electrons. The van der Waals surface area contributed by atoms with Gasteiger partial charge in [0.1, 0.15) is 4.99 Å². The lowest BCUT2D eigenvalue weighted by Crippen LogP contribution is -2.29. The second-order valence-corrected chi connectivity index (χ2v) is 6.07. The summed E-state index contributed by atoms with van der Waals surface area (Å²) in [5.74, 6) is 0. The molecule has 0 saturated heterocycles. The van der Waals surface area contributed by atoms with Crippen molar-refractivity contribution in [3.8, 4) is 0 Å². The highest BCUT2D eigenvalue weighted by Crippen LogP contribution is 2.36. The average molecular weight is 262 g/mol. The maximum Gasteiger partial charge on any atom is 0.106 e. The highest BCUT2D eigenvalue weighted by atomic mass is 32.1. The zero-order chi connectivity index (χ0) is 13.0. The van der Waals surface area contributed by atoms with Gasteiger partial charge in [0.05, 0.1) is 0 Å². The van der Waals surface area contributed by atoms with E-state index < -0.39 is 0 Å². The van der Waals surface area contributed by atoms with Crippen molar-refractivity contribution in [2.75, 3.05) is 11.9 Å². The second-order valence-electron chi connectivity index (χ2n) is 5.63. The molecular weight excluding hydrogens is 240 g/mol. The first-order chi connectivity index (χ1) is 8.61. The summed E-state index contributed by atoms with van der Waals surface area (Å²) in [6.07, 6.45) is 6.73. The summed E-state index contributed by atoms with van der Waals surface area (Å²) >= 11 is 5.09. The molecular formula is C15H22N2S. The van der Waals surface area contributed by atoms with Crippen LogP contribution in [0.5, 0.6) is 0 Å². The standard InChI is InChI=1S/C15H22N2S/c1-15(9-5-2-6-10-15)11-17-13-8-4-3-7-12(13)14(16)18/h3-4,7-8,17H,2,5-6,9-11H2,1H3,(H2,16,18). The van der Waals surface area contributed by atoms with Gasteiger partial charge < -0.3 is 11.1 Å². The van der Waals surface area contributed by atoms with Crippen molar-refractivity contribution in [1.82, 2.24) is 0 Å². The van der Waals surface area contributed by atoms with E-state index in [1.165, 1.54) is 32.1 Å². The average Bonchev–Trinajstić information content (AvgIpc) is 2.38. The first-order valence-corrected chi connectivity index (χ1v) is 7.14. The van der Waals surface area contributed by atoms with Crippen molar-refractivity contribution in [2.24, 2.45) is 11.1 Å². The van der Waals surface area contributed by atoms with Crippen molar-refractivity contribution in [3.63, 3.8) is 0 Å². The largest absolute Gasteiger partial charge is 0.389 e. The number of hydrogen-bond acceptors (Lipinski definition) is 2. The minimum absolute atomic E-state index is 0.418. The Hall–Kier alpha value is -1.09. The molecule has 0 heterocycles. The van der Waals surface area contributed by atoms with E-state index in [1.54, 1.807) is 0 Å². The zero-order valence-electron chi connectivity index (χ0n) is 11.0. The summed E-state index contributed by atoms with van der Waals surface area (Å²) in [5, 5.41) is 3.54. The highest BCUT2D eigenvalue weighted by molar-refractivity contribution is 7.80. The predicted octanol–water partition coefficient (Wildman–Crippen LogP) is 3.70. The third-order valence-corrected chi connectivity index (χ3v) is 4.18. The van der Waals surface area contributed by atoms with E-state index in [2.05, 4.69) is 18.3 Å². The third kappa shape index (κ3) is 3.22. The lowest BCUT2D eigenvalue weighted by molar-refractivity contribution is 0.233. The Morgan fingerprint density at radius 3 is 2.61 bits per heavy atom. The number of thiocarbonyl (C=S) groups is 1. The van der Waals surface area contributed by atoms with Gasteiger partial charge in [-0.15, -0.1) is 0 Å². The van der Waals surface area contributed by atoms with Crippen LogP contribution >= 0.6 is 12.2 Å². The first-order valence-electron chi connectivity index (χ1n) is 6.73. The van der Waals surface area contributed by atoms with Crippen LogP contribution in [0.4, 0.5) is 5.69 Å². The molecule has 1 aliphatic rings. The molecule has 0 aromatic heterocycles. The summed E-state index contributed by atoms with van der Waals surface area (Å²) in [5.41, 5.74) is 8.18. The van der Waals surface area contributed by atoms with Gasteiger partial charge in [-0.3, -0.25) is 0 Å². The van der Waals surface area contributed by atoms with E-state index in [-0.39, 0.29) is 0 Å². The molecule has 0 aliphatic heterocycles. The topological polar surface area (TPSA) is 38.0 Å². The summed E-state index contributed by atoms with van der Waals surface area (Å²) in [6, 6.07) is 8.03. The summed E-state index contributed by atoms with van der Waals surface area (Å²) in [6.45, 7) is 3.38. The van der Waals surface area contributed by atoms with Gasteiger partial charge in [-0.25, -0.2) is 0 Å². The number of hydrogen-bond donors (Lipinski definition) is 2. The summed E-state index contributed by atoms with van der Waals surface area (Å²) in [7, 11) is 0. The Balaban J connectivity index is 2.03. The van der Waals surface area contributed by atoms with Gasteiger partial charge in [0.2, 0.25) is 0 Å². The predicted molar refractivity (Wildman–Crippen MR) is 82.0 cm³/mol. The fourth-order valence-corrected chi connectivity index (χ4v) is 2.92. The van der Waals surface area contributed by atoms with Crippen molar-refractivity contribution < 1.29 is 0 Å². The fraction of sp³-hybridized carbons (Fsp3) is 0.533. The van der Waals surface area contributed by atoms with E-state index in [1.807, 2.05) is 18.2 Å². The molecule has 0 spiro atoms. The van der Waals surface area contributed by atoms with Crippen LogP contribution in [0.15, 0.2) is 24.3 Å². The van der Waals surface area contributed by atoms with E-state index in [4.69, 9.17) is 18.0 Å². The molecule has 0 radical (unpaired) electrons. The Labute approximate surface area is 115 Å². The van der Waals surface area contributed by atoms with Crippen LogP contribution in [0.2, 0.25) is 0 Å². The molecule has 1 aromatic carbocycles. The van der Waals surface area contributed by atoms with Crippen molar-refractivity contribution >= 4 is 22.9 Å². The number of nitrogens with one attached hydrogen (secondary N) is 1. The van der Waals surface area contributed by atoms with Crippen molar-refractivity contribution in [2.45, 2.75) is 39.0 Å². The normalized spacial score (nSPS) is 18.3. The minimum atomic E-state index is 0.418. The van der Waals surface area contributed by atoms with E-state index >= 15 is 0 Å². The SMILES string of the molecule is CC1(CNc2ccccc2C(N)=S)CCCCC1. The number of nitrogens with two attached hydrogens (primary N) is 1. The van der Waals surface area contributed by atoms with Gasteiger partial charge in [0.25, 0.3) is 0 Å². The van der Waals surface area contributed by atoms with Crippen LogP contribution in [-0.4, -0.2) is 11.5 Å². The Morgan fingerprint density at radius 1 is 1.28 bits per heavy atom. The van der Waals surface area contributed by atoms with Crippen LogP contribution in [0.3, 0.4) is 0 Å². The number of benzene rings is 1. The van der Waals surface area contributed by atoms with Crippen LogP contribution in [-0.2, 0) is 0 Å². The Bertz CT molecular complexity index is 422. The smallest absolute Gasteiger partial charge is 0.106 e. The van der Waals surface area contributed by atoms with Crippen molar-refractivity contribution in [3.05, 3.63) is 29.8 Å². The molecule has 0 atom stereocenters. The zero-order valence-corrected chi connectivity index (χ0v) is 11.9. The Kier molecular flexibility index (Phi) is 4.23. The molecule has 1 fully saturated rings. The van der Waals surface area contributed by atoms with Crippen LogP contribution in [0.25, 0.3) is 0 Å². The molecule has 0 bridgehead atoms. The lowest BCUT2D eigenvalue weighted by Gasteiger charge is -2.34. The van der Waals surface area contributed by atoms with Crippen molar-refractivity contribution in [1.29, 1.82) is 0 Å². The van der Waals surface area contributed by atoms with E-state index in [0.717, 1.165) is 17.8 Å². The highest BCUT2D eigenvalue weighted by Gasteiger charge is 2.26. The molecule has 2 nitrogen and oxygen atoms in total. The summed E-state index contributed by atoms with van der Waals surface area (Å²) in [4.78, 5) is 0.465. The molecule has 1 aliphatic carbocycles. The van der Waals surface area contributed by atoms with Gasteiger partial charge in [-0.2, -0.15) is 0 Å². The molecule has 1 saturated carbocycles. The molecule has 0 amide bonds. The fourth-order valence-electron chi connectivity index (χ4n) is 2.74. The van der Waals surface area contributed by atoms with Gasteiger partial charge in [-0.05, 0) is 30.4 Å². The second kappa shape index (κ2) is 5.70. The minimum Gasteiger partial charge on any atom is -0.389 e. The number of anilines is 1. The van der Waals surface area contributed by atoms with Gasteiger partial charge in [-0.1, -0.05) is 50.5 Å². The third-order valence-electron chi connectivity index (χ3n) is 3.96. The van der Waals surface area contributed by atoms with Gasteiger partial charge >= 0.3 is 0 Å². The Morgan fingerprint density at radius 2 is 1.94 bits per heavy atom. The summed E-state index contributed by atoms with van der Waals surface area (Å²) < 4.78 is 0. The molecule has 18 heavy (non-hydrogen) atoms. The van der Waals surface area contributed by atoms with Crippen LogP contribution in [0.1, 0.15) is 44.6 Å². The number of para-hydroxylation sites is 1. The lowest BCUT2D eigenvalue weighted by atomic mass is 9.75. The molecule has 3 N–H and O–H groups in total. The molecule has 3 heteroatoms. The maximum absolute atomic E-state index is 5.75. The maximum atomic E-state index is 5.75. The van der Waals surface area contributed by atoms with E-state index in [0.29, 0.717) is 10.4 Å². The van der Waals surface area contributed by atoms with Gasteiger partial charge in [0, 0.05) is 17.8 Å². The monoisotopic (exact) mass is 262 g/mol. The first kappa shape index (κ1) is 13.3. The van der Waals surface area contributed by atoms with E-state index in [9.17, 15) is 0 Å².